The topological polar surface area (TPSA) is 48.7 Å². The molecule has 2 aromatic carbocycles. The maximum absolute atomic E-state index is 12.7. The highest BCUT2D eigenvalue weighted by atomic mass is 32.2. The normalized spacial score (nSPS) is 11.4. The minimum absolute atomic E-state index is 0.139. The molecule has 164 valence electrons. The van der Waals surface area contributed by atoms with Gasteiger partial charge in [-0.2, -0.15) is 13.2 Å². The Morgan fingerprint density at radius 3 is 2.45 bits per heavy atom. The number of benzene rings is 2. The molecule has 0 saturated carbocycles. The maximum atomic E-state index is 12.7. The van der Waals surface area contributed by atoms with Crippen molar-refractivity contribution in [3.63, 3.8) is 0 Å². The Bertz CT molecular complexity index is 1030. The molecular formula is C23H21F3O4S. The van der Waals surface area contributed by atoms with Crippen LogP contribution in [0.5, 0.6) is 5.75 Å². The summed E-state index contributed by atoms with van der Waals surface area (Å²) in [6.45, 7) is 3.80. The van der Waals surface area contributed by atoms with Crippen molar-refractivity contribution in [2.24, 2.45) is 0 Å². The molecule has 0 saturated heterocycles. The van der Waals surface area contributed by atoms with Crippen molar-refractivity contribution in [2.45, 2.75) is 30.7 Å². The number of alkyl halides is 3. The molecule has 3 aromatic rings. The molecule has 8 heteroatoms. The molecule has 0 radical (unpaired) electrons. The lowest BCUT2D eigenvalue weighted by molar-refractivity contribution is -0.145. The van der Waals surface area contributed by atoms with E-state index in [-0.39, 0.29) is 6.61 Å². The number of halogens is 3. The van der Waals surface area contributed by atoms with Crippen LogP contribution >= 0.6 is 11.8 Å². The molecule has 0 N–H and O–H groups in total. The van der Waals surface area contributed by atoms with Crippen molar-refractivity contribution in [1.29, 1.82) is 0 Å². The van der Waals surface area contributed by atoms with Gasteiger partial charge in [0.25, 0.3) is 0 Å². The van der Waals surface area contributed by atoms with Crippen LogP contribution in [0.25, 0.3) is 11.3 Å². The molecule has 0 aliphatic carbocycles. The van der Waals surface area contributed by atoms with Gasteiger partial charge in [0.1, 0.15) is 17.3 Å². The summed E-state index contributed by atoms with van der Waals surface area (Å²) >= 11 is 1.55. The second kappa shape index (κ2) is 9.96. The molecule has 0 spiro atoms. The summed E-state index contributed by atoms with van der Waals surface area (Å²) < 4.78 is 54.2. The third-order valence-electron chi connectivity index (χ3n) is 4.34. The highest BCUT2D eigenvalue weighted by Gasteiger charge is 2.30. The van der Waals surface area contributed by atoms with Crippen LogP contribution < -0.4 is 4.74 Å². The largest absolute Gasteiger partial charge is 0.482 e. The van der Waals surface area contributed by atoms with Crippen molar-refractivity contribution in [2.75, 3.05) is 13.2 Å². The summed E-state index contributed by atoms with van der Waals surface area (Å²) in [4.78, 5) is 12.4. The summed E-state index contributed by atoms with van der Waals surface area (Å²) in [6.07, 6.45) is -4.36. The van der Waals surface area contributed by atoms with Crippen molar-refractivity contribution >= 4 is 17.7 Å². The van der Waals surface area contributed by atoms with E-state index in [1.165, 1.54) is 12.1 Å². The Morgan fingerprint density at radius 2 is 1.81 bits per heavy atom. The maximum Gasteiger partial charge on any atom is 0.416 e. The van der Waals surface area contributed by atoms with Crippen LogP contribution in [-0.2, 0) is 21.5 Å². The molecule has 0 atom stereocenters. The number of thioether (sulfide) groups is 1. The molecule has 0 unspecified atom stereocenters. The summed E-state index contributed by atoms with van der Waals surface area (Å²) in [5.74, 6) is 1.98. The summed E-state index contributed by atoms with van der Waals surface area (Å²) in [7, 11) is 0. The van der Waals surface area contributed by atoms with E-state index in [1.807, 2.05) is 25.1 Å². The van der Waals surface area contributed by atoms with Crippen LogP contribution in [0.15, 0.2) is 63.9 Å². The summed E-state index contributed by atoms with van der Waals surface area (Å²) in [5.41, 5.74) is 0.783. The van der Waals surface area contributed by atoms with Gasteiger partial charge < -0.3 is 13.9 Å². The van der Waals surface area contributed by atoms with E-state index in [2.05, 4.69) is 0 Å². The zero-order valence-corrected chi connectivity index (χ0v) is 17.8. The van der Waals surface area contributed by atoms with Gasteiger partial charge in [-0.3, -0.25) is 0 Å². The number of ether oxygens (including phenoxy) is 2. The standard InChI is InChI=1S/C23H21F3O4S/c1-3-28-22(27)13-29-20-11-9-19(12-15(20)2)31-14-18-8-10-21(30-18)16-4-6-17(7-5-16)23(24,25)26/h4-12H,3,13-14H2,1-2H3. The Balaban J connectivity index is 1.58. The average Bonchev–Trinajstić information content (AvgIpc) is 3.20. The van der Waals surface area contributed by atoms with Gasteiger partial charge in [-0.15, -0.1) is 11.8 Å². The van der Waals surface area contributed by atoms with Gasteiger partial charge in [-0.1, -0.05) is 12.1 Å². The Labute approximate surface area is 182 Å². The molecule has 0 amide bonds. The first-order valence-corrected chi connectivity index (χ1v) is 10.5. The molecule has 0 aliphatic heterocycles. The number of furan rings is 1. The predicted molar refractivity (Wildman–Crippen MR) is 112 cm³/mol. The van der Waals surface area contributed by atoms with Gasteiger partial charge in [0.2, 0.25) is 0 Å². The zero-order chi connectivity index (χ0) is 22.4. The first-order valence-electron chi connectivity index (χ1n) is 9.54. The van der Waals surface area contributed by atoms with Gasteiger partial charge in [0.05, 0.1) is 17.9 Å². The number of esters is 1. The third-order valence-corrected chi connectivity index (χ3v) is 5.35. The molecule has 1 heterocycles. The molecule has 31 heavy (non-hydrogen) atoms. The number of aryl methyl sites for hydroxylation is 1. The van der Waals surface area contributed by atoms with Crippen molar-refractivity contribution in [1.82, 2.24) is 0 Å². The van der Waals surface area contributed by atoms with Gasteiger partial charge in [-0.25, -0.2) is 4.79 Å². The van der Waals surface area contributed by atoms with E-state index in [9.17, 15) is 18.0 Å². The molecule has 4 nitrogen and oxygen atoms in total. The molecule has 3 rings (SSSR count). The smallest absolute Gasteiger partial charge is 0.416 e. The average molecular weight is 450 g/mol. The minimum Gasteiger partial charge on any atom is -0.482 e. The van der Waals surface area contributed by atoms with Crippen LogP contribution in [-0.4, -0.2) is 19.2 Å². The van der Waals surface area contributed by atoms with E-state index in [4.69, 9.17) is 13.9 Å². The minimum atomic E-state index is -4.36. The highest BCUT2D eigenvalue weighted by molar-refractivity contribution is 7.98. The Hall–Kier alpha value is -2.87. The molecule has 0 bridgehead atoms. The van der Waals surface area contributed by atoms with Crippen molar-refractivity contribution in [3.8, 4) is 17.1 Å². The first kappa shape index (κ1) is 22.8. The van der Waals surface area contributed by atoms with Crippen LogP contribution in [0.3, 0.4) is 0 Å². The fourth-order valence-corrected chi connectivity index (χ4v) is 3.69. The van der Waals surface area contributed by atoms with Gasteiger partial charge in [-0.05, 0) is 61.9 Å². The van der Waals surface area contributed by atoms with E-state index < -0.39 is 17.7 Å². The third kappa shape index (κ3) is 6.30. The van der Waals surface area contributed by atoms with Crippen LogP contribution in [0.4, 0.5) is 13.2 Å². The van der Waals surface area contributed by atoms with Crippen LogP contribution in [0, 0.1) is 6.92 Å². The van der Waals surface area contributed by atoms with Crippen LogP contribution in [0.1, 0.15) is 23.8 Å². The fraction of sp³-hybridized carbons (Fsp3) is 0.261. The quantitative estimate of drug-likeness (QED) is 0.289. The Kier molecular flexibility index (Phi) is 7.33. The van der Waals surface area contributed by atoms with Gasteiger partial charge >= 0.3 is 12.1 Å². The first-order chi connectivity index (χ1) is 14.8. The fourth-order valence-electron chi connectivity index (χ4n) is 2.80. The lowest BCUT2D eigenvalue weighted by Gasteiger charge is -2.10. The second-order valence-electron chi connectivity index (χ2n) is 6.65. The molecular weight excluding hydrogens is 429 g/mol. The van der Waals surface area contributed by atoms with Gasteiger partial charge in [0, 0.05) is 10.5 Å². The van der Waals surface area contributed by atoms with Crippen molar-refractivity contribution in [3.05, 3.63) is 71.5 Å². The number of carbonyl (C=O) groups excluding carboxylic acids is 1. The zero-order valence-electron chi connectivity index (χ0n) is 17.0. The van der Waals surface area contributed by atoms with Gasteiger partial charge in [0.15, 0.2) is 6.61 Å². The summed E-state index contributed by atoms with van der Waals surface area (Å²) in [5, 5.41) is 0. The lowest BCUT2D eigenvalue weighted by Crippen LogP contribution is -2.14. The van der Waals surface area contributed by atoms with E-state index in [0.717, 1.165) is 22.6 Å². The lowest BCUT2D eigenvalue weighted by atomic mass is 10.1. The van der Waals surface area contributed by atoms with E-state index in [1.54, 1.807) is 30.8 Å². The van der Waals surface area contributed by atoms with E-state index >= 15 is 0 Å². The number of carbonyl (C=O) groups is 1. The number of hydrogen-bond donors (Lipinski definition) is 0. The number of rotatable bonds is 8. The highest BCUT2D eigenvalue weighted by Crippen LogP contribution is 2.33. The van der Waals surface area contributed by atoms with E-state index in [0.29, 0.717) is 35.2 Å². The SMILES string of the molecule is CCOC(=O)COc1ccc(SCc2ccc(-c3ccc(C(F)(F)F)cc3)o2)cc1C. The molecule has 0 fully saturated rings. The predicted octanol–water partition coefficient (Wildman–Crippen LogP) is 6.51. The Morgan fingerprint density at radius 1 is 1.06 bits per heavy atom. The van der Waals surface area contributed by atoms with Crippen molar-refractivity contribution < 1.29 is 31.9 Å². The molecule has 0 aliphatic rings. The second-order valence-corrected chi connectivity index (χ2v) is 7.70. The van der Waals surface area contributed by atoms with Crippen LogP contribution in [0.2, 0.25) is 0 Å². The summed E-state index contributed by atoms with van der Waals surface area (Å²) in [6, 6.07) is 14.1. The number of hydrogen-bond acceptors (Lipinski definition) is 5. The monoisotopic (exact) mass is 450 g/mol. The molecule has 1 aromatic heterocycles.